The molecule has 0 unspecified atom stereocenters. The minimum Gasteiger partial charge on any atom is -0.0642 e. The van der Waals surface area contributed by atoms with Gasteiger partial charge in [0.25, 0.3) is 0 Å². The highest BCUT2D eigenvalue weighted by molar-refractivity contribution is 5.80. The van der Waals surface area contributed by atoms with E-state index in [1.807, 2.05) is 0 Å². The van der Waals surface area contributed by atoms with Crippen LogP contribution < -0.4 is 0 Å². The zero-order chi connectivity index (χ0) is 18.3. The second-order valence-electron chi connectivity index (χ2n) is 6.61. The summed E-state index contributed by atoms with van der Waals surface area (Å²) in [5.41, 5.74) is 6.33. The summed E-state index contributed by atoms with van der Waals surface area (Å²) in [7, 11) is 0. The predicted molar refractivity (Wildman–Crippen MR) is 115 cm³/mol. The highest BCUT2D eigenvalue weighted by Crippen LogP contribution is 2.32. The van der Waals surface area contributed by atoms with Crippen LogP contribution in [0.3, 0.4) is 0 Å². The van der Waals surface area contributed by atoms with Crippen molar-refractivity contribution in [2.45, 2.75) is 5.92 Å². The van der Waals surface area contributed by atoms with Crippen molar-refractivity contribution in [1.29, 1.82) is 0 Å². The van der Waals surface area contributed by atoms with Crippen LogP contribution in [0.2, 0.25) is 0 Å². The SMILES string of the molecule is C(=C(c1ccccc1)c1ccccc1)C(c1ccccc1)c1ccccc1. The van der Waals surface area contributed by atoms with Crippen LogP contribution in [0.5, 0.6) is 0 Å². The molecular formula is C27H22. The van der Waals surface area contributed by atoms with E-state index in [2.05, 4.69) is 127 Å². The third kappa shape index (κ3) is 4.07. The number of benzene rings is 4. The molecule has 0 aliphatic heterocycles. The molecule has 27 heavy (non-hydrogen) atoms. The second-order valence-corrected chi connectivity index (χ2v) is 6.61. The molecule has 4 aromatic carbocycles. The standard InChI is InChI=1S/C27H22/c1-5-13-22(14-6-1)26(23-15-7-2-8-16-23)21-27(24-17-9-3-10-18-24)25-19-11-4-12-20-25/h1-21,26H. The van der Waals surface area contributed by atoms with Crippen LogP contribution in [-0.4, -0.2) is 0 Å². The first kappa shape index (κ1) is 17.1. The summed E-state index contributed by atoms with van der Waals surface area (Å²) in [4.78, 5) is 0. The number of rotatable bonds is 5. The van der Waals surface area contributed by atoms with E-state index in [1.54, 1.807) is 0 Å². The average molecular weight is 346 g/mol. The van der Waals surface area contributed by atoms with E-state index < -0.39 is 0 Å². The summed E-state index contributed by atoms with van der Waals surface area (Å²) in [6.07, 6.45) is 2.40. The first-order valence-corrected chi connectivity index (χ1v) is 9.34. The largest absolute Gasteiger partial charge is 0.0642 e. The van der Waals surface area contributed by atoms with E-state index in [9.17, 15) is 0 Å². The van der Waals surface area contributed by atoms with Crippen LogP contribution in [0.4, 0.5) is 0 Å². The Bertz CT molecular complexity index is 904. The molecule has 0 aliphatic rings. The van der Waals surface area contributed by atoms with E-state index in [0.29, 0.717) is 0 Å². The summed E-state index contributed by atoms with van der Waals surface area (Å²) >= 11 is 0. The molecule has 0 saturated carbocycles. The fraction of sp³-hybridized carbons (Fsp3) is 0.0370. The van der Waals surface area contributed by atoms with Crippen molar-refractivity contribution in [2.75, 3.05) is 0 Å². The van der Waals surface area contributed by atoms with Gasteiger partial charge in [-0.25, -0.2) is 0 Å². The zero-order valence-corrected chi connectivity index (χ0v) is 15.2. The van der Waals surface area contributed by atoms with E-state index in [4.69, 9.17) is 0 Å². The second kappa shape index (κ2) is 8.33. The molecule has 0 heteroatoms. The molecule has 0 aliphatic carbocycles. The molecule has 0 saturated heterocycles. The van der Waals surface area contributed by atoms with Gasteiger partial charge >= 0.3 is 0 Å². The Balaban J connectivity index is 1.90. The minimum absolute atomic E-state index is 0.197. The van der Waals surface area contributed by atoms with Crippen molar-refractivity contribution in [3.8, 4) is 0 Å². The van der Waals surface area contributed by atoms with Gasteiger partial charge in [-0.3, -0.25) is 0 Å². The summed E-state index contributed by atoms with van der Waals surface area (Å²) < 4.78 is 0. The first-order valence-electron chi connectivity index (χ1n) is 9.34. The van der Waals surface area contributed by atoms with Gasteiger partial charge in [-0.15, -0.1) is 0 Å². The normalized spacial score (nSPS) is 10.6. The van der Waals surface area contributed by atoms with Crippen LogP contribution in [0, 0.1) is 0 Å². The van der Waals surface area contributed by atoms with Crippen LogP contribution in [0.25, 0.3) is 5.57 Å². The molecule has 0 atom stereocenters. The van der Waals surface area contributed by atoms with Crippen LogP contribution >= 0.6 is 0 Å². The lowest BCUT2D eigenvalue weighted by Crippen LogP contribution is -2.00. The molecule has 4 aromatic rings. The van der Waals surface area contributed by atoms with Gasteiger partial charge in [0.2, 0.25) is 0 Å². The summed E-state index contributed by atoms with van der Waals surface area (Å²) in [5.74, 6) is 0.197. The van der Waals surface area contributed by atoms with E-state index >= 15 is 0 Å². The molecule has 0 nitrogen and oxygen atoms in total. The maximum absolute atomic E-state index is 2.40. The molecule has 0 spiro atoms. The van der Waals surface area contributed by atoms with Crippen molar-refractivity contribution in [2.24, 2.45) is 0 Å². The highest BCUT2D eigenvalue weighted by Gasteiger charge is 2.14. The van der Waals surface area contributed by atoms with E-state index in [1.165, 1.54) is 27.8 Å². The van der Waals surface area contributed by atoms with Crippen molar-refractivity contribution in [3.63, 3.8) is 0 Å². The Morgan fingerprint density at radius 2 is 0.778 bits per heavy atom. The van der Waals surface area contributed by atoms with Crippen LogP contribution in [0.15, 0.2) is 127 Å². The molecule has 0 bridgehead atoms. The molecule has 130 valence electrons. The molecule has 0 amide bonds. The van der Waals surface area contributed by atoms with Gasteiger partial charge in [0, 0.05) is 5.92 Å². The third-order valence-electron chi connectivity index (χ3n) is 4.82. The molecule has 0 radical (unpaired) electrons. The fourth-order valence-corrected chi connectivity index (χ4v) is 3.47. The number of hydrogen-bond donors (Lipinski definition) is 0. The van der Waals surface area contributed by atoms with Crippen molar-refractivity contribution >= 4 is 5.57 Å². The van der Waals surface area contributed by atoms with Gasteiger partial charge in [0.05, 0.1) is 0 Å². The molecule has 0 aromatic heterocycles. The molecule has 0 fully saturated rings. The Morgan fingerprint density at radius 3 is 1.15 bits per heavy atom. The van der Waals surface area contributed by atoms with Gasteiger partial charge in [-0.05, 0) is 27.8 Å². The lowest BCUT2D eigenvalue weighted by Gasteiger charge is -2.18. The van der Waals surface area contributed by atoms with Gasteiger partial charge in [0.15, 0.2) is 0 Å². The lowest BCUT2D eigenvalue weighted by molar-refractivity contribution is 1.03. The molecular weight excluding hydrogens is 324 g/mol. The predicted octanol–water partition coefficient (Wildman–Crippen LogP) is 6.95. The smallest absolute Gasteiger partial charge is 0.0278 e. The van der Waals surface area contributed by atoms with Gasteiger partial charge in [0.1, 0.15) is 0 Å². The topological polar surface area (TPSA) is 0 Å². The van der Waals surface area contributed by atoms with Gasteiger partial charge in [-0.2, -0.15) is 0 Å². The van der Waals surface area contributed by atoms with Gasteiger partial charge < -0.3 is 0 Å². The fourth-order valence-electron chi connectivity index (χ4n) is 3.47. The number of hydrogen-bond acceptors (Lipinski definition) is 0. The Labute approximate surface area is 161 Å². The molecule has 0 heterocycles. The zero-order valence-electron chi connectivity index (χ0n) is 15.2. The Kier molecular flexibility index (Phi) is 5.26. The molecule has 0 N–H and O–H groups in total. The summed E-state index contributed by atoms with van der Waals surface area (Å²) in [6, 6.07) is 42.7. The first-order chi connectivity index (χ1) is 13.4. The Morgan fingerprint density at radius 1 is 0.444 bits per heavy atom. The number of allylic oxidation sites excluding steroid dienone is 1. The monoisotopic (exact) mass is 346 g/mol. The minimum atomic E-state index is 0.197. The highest BCUT2D eigenvalue weighted by atomic mass is 14.2. The maximum atomic E-state index is 2.40. The van der Waals surface area contributed by atoms with Crippen LogP contribution in [0.1, 0.15) is 28.2 Å². The van der Waals surface area contributed by atoms with E-state index in [0.717, 1.165) is 0 Å². The van der Waals surface area contributed by atoms with E-state index in [-0.39, 0.29) is 5.92 Å². The summed E-state index contributed by atoms with van der Waals surface area (Å²) in [5, 5.41) is 0. The van der Waals surface area contributed by atoms with Crippen LogP contribution in [-0.2, 0) is 0 Å². The maximum Gasteiger partial charge on any atom is 0.0278 e. The summed E-state index contributed by atoms with van der Waals surface area (Å²) in [6.45, 7) is 0. The quantitative estimate of drug-likeness (QED) is 0.367. The third-order valence-corrected chi connectivity index (χ3v) is 4.82. The average Bonchev–Trinajstić information content (AvgIpc) is 2.77. The lowest BCUT2D eigenvalue weighted by atomic mass is 9.86. The molecule has 4 rings (SSSR count). The van der Waals surface area contributed by atoms with Crippen molar-refractivity contribution in [3.05, 3.63) is 150 Å². The van der Waals surface area contributed by atoms with Crippen molar-refractivity contribution < 1.29 is 0 Å². The Hall–Kier alpha value is -3.38. The van der Waals surface area contributed by atoms with Crippen molar-refractivity contribution in [1.82, 2.24) is 0 Å². The van der Waals surface area contributed by atoms with Gasteiger partial charge in [-0.1, -0.05) is 127 Å².